The Kier molecular flexibility index (Phi) is 8.99. The van der Waals surface area contributed by atoms with E-state index in [0.29, 0.717) is 5.69 Å². The molecule has 0 aliphatic carbocycles. The van der Waals surface area contributed by atoms with Gasteiger partial charge in [0.25, 0.3) is 5.56 Å². The number of hydrogen-bond acceptors (Lipinski definition) is 6. The largest absolute Gasteiger partial charge is 0.385 e. The molecule has 30 heavy (non-hydrogen) atoms. The number of aromatic nitrogens is 2. The Labute approximate surface area is 185 Å². The van der Waals surface area contributed by atoms with Crippen molar-refractivity contribution >= 4 is 29.2 Å². The SMILES string of the molecule is C1CCOCC1.CNc1cnn(C2CCN(Sc3cccc(F)c3)CC2)c(=O)c1Cl. The first-order valence-electron chi connectivity index (χ1n) is 10.3. The topological polar surface area (TPSA) is 59.4 Å². The van der Waals surface area contributed by atoms with E-state index < -0.39 is 0 Å². The van der Waals surface area contributed by atoms with Crippen LogP contribution in [0.5, 0.6) is 0 Å². The zero-order chi connectivity index (χ0) is 21.3. The average Bonchev–Trinajstić information content (AvgIpc) is 2.78. The molecule has 0 spiro atoms. The highest BCUT2D eigenvalue weighted by atomic mass is 35.5. The highest BCUT2D eigenvalue weighted by Gasteiger charge is 2.24. The summed E-state index contributed by atoms with van der Waals surface area (Å²) in [5.74, 6) is -0.232. The van der Waals surface area contributed by atoms with Crippen LogP contribution >= 0.6 is 23.5 Å². The van der Waals surface area contributed by atoms with Gasteiger partial charge in [0, 0.05) is 38.2 Å². The van der Waals surface area contributed by atoms with Gasteiger partial charge in [-0.25, -0.2) is 13.4 Å². The molecule has 3 heterocycles. The third-order valence-electron chi connectivity index (χ3n) is 5.09. The van der Waals surface area contributed by atoms with Crippen LogP contribution < -0.4 is 10.9 Å². The predicted octanol–water partition coefficient (Wildman–Crippen LogP) is 4.61. The van der Waals surface area contributed by atoms with Crippen molar-refractivity contribution in [2.24, 2.45) is 0 Å². The molecule has 1 N–H and O–H groups in total. The van der Waals surface area contributed by atoms with E-state index in [1.165, 1.54) is 48.0 Å². The Hall–Kier alpha value is -1.61. The summed E-state index contributed by atoms with van der Waals surface area (Å²) in [7, 11) is 1.70. The van der Waals surface area contributed by atoms with Crippen LogP contribution in [0, 0.1) is 5.82 Å². The zero-order valence-corrected chi connectivity index (χ0v) is 18.7. The lowest BCUT2D eigenvalue weighted by Crippen LogP contribution is -2.36. The van der Waals surface area contributed by atoms with E-state index >= 15 is 0 Å². The molecule has 0 unspecified atom stereocenters. The summed E-state index contributed by atoms with van der Waals surface area (Å²) >= 11 is 7.62. The minimum absolute atomic E-state index is 0.0327. The molecule has 2 saturated heterocycles. The lowest BCUT2D eigenvalue weighted by molar-refractivity contribution is 0.0968. The van der Waals surface area contributed by atoms with Crippen LogP contribution in [-0.4, -0.2) is 47.4 Å². The van der Waals surface area contributed by atoms with E-state index in [1.807, 2.05) is 6.07 Å². The molecule has 2 fully saturated rings. The molecular formula is C21H28ClFN4O2S. The van der Waals surface area contributed by atoms with Gasteiger partial charge in [0.1, 0.15) is 10.8 Å². The molecule has 164 valence electrons. The van der Waals surface area contributed by atoms with Crippen molar-refractivity contribution in [3.05, 3.63) is 51.7 Å². The lowest BCUT2D eigenvalue weighted by atomic mass is 10.1. The van der Waals surface area contributed by atoms with Crippen LogP contribution in [0.1, 0.15) is 38.1 Å². The second-order valence-corrected chi connectivity index (χ2v) is 8.80. The zero-order valence-electron chi connectivity index (χ0n) is 17.2. The van der Waals surface area contributed by atoms with Crippen molar-refractivity contribution in [3.63, 3.8) is 0 Å². The molecule has 2 aromatic rings. The standard InChI is InChI=1S/C16H18ClFN4OS.C5H10O/c1-19-14-10-20-22(16(23)15(14)17)12-5-7-21(8-6-12)24-13-4-2-3-11(18)9-13;1-2-4-6-5-3-1/h2-4,9-10,12,19H,5-8H2,1H3;1-5H2. The van der Waals surface area contributed by atoms with E-state index in [0.717, 1.165) is 44.0 Å². The minimum Gasteiger partial charge on any atom is -0.385 e. The molecule has 0 saturated carbocycles. The molecule has 6 nitrogen and oxygen atoms in total. The van der Waals surface area contributed by atoms with Gasteiger partial charge in [-0.3, -0.25) is 4.79 Å². The third-order valence-corrected chi connectivity index (χ3v) is 6.54. The van der Waals surface area contributed by atoms with Gasteiger partial charge in [-0.1, -0.05) is 17.7 Å². The van der Waals surface area contributed by atoms with Gasteiger partial charge in [-0.05, 0) is 62.3 Å². The minimum atomic E-state index is -0.264. The summed E-state index contributed by atoms with van der Waals surface area (Å²) < 4.78 is 22.0. The van der Waals surface area contributed by atoms with Gasteiger partial charge >= 0.3 is 0 Å². The fraction of sp³-hybridized carbons (Fsp3) is 0.524. The van der Waals surface area contributed by atoms with Gasteiger partial charge in [-0.15, -0.1) is 0 Å². The molecule has 2 aliphatic rings. The quantitative estimate of drug-likeness (QED) is 0.681. The fourth-order valence-corrected chi connectivity index (χ4v) is 4.64. The summed E-state index contributed by atoms with van der Waals surface area (Å²) in [5, 5.41) is 7.26. The second-order valence-electron chi connectivity index (χ2n) is 7.25. The molecule has 0 atom stereocenters. The summed E-state index contributed by atoms with van der Waals surface area (Å²) in [6.45, 7) is 3.59. The van der Waals surface area contributed by atoms with Gasteiger partial charge < -0.3 is 10.1 Å². The van der Waals surface area contributed by atoms with Gasteiger partial charge in [0.05, 0.1) is 17.9 Å². The maximum Gasteiger partial charge on any atom is 0.287 e. The van der Waals surface area contributed by atoms with Crippen LogP contribution in [0.15, 0.2) is 40.2 Å². The van der Waals surface area contributed by atoms with Crippen LogP contribution in [0.25, 0.3) is 0 Å². The number of rotatable bonds is 4. The maximum atomic E-state index is 13.3. The number of nitrogens with one attached hydrogen (secondary N) is 1. The smallest absolute Gasteiger partial charge is 0.287 e. The highest BCUT2D eigenvalue weighted by molar-refractivity contribution is 7.97. The third kappa shape index (κ3) is 6.44. The first-order chi connectivity index (χ1) is 14.6. The number of hydrogen-bond donors (Lipinski definition) is 1. The summed E-state index contributed by atoms with van der Waals surface area (Å²) in [4.78, 5) is 13.2. The fourth-order valence-electron chi connectivity index (χ4n) is 3.42. The number of halogens is 2. The number of ether oxygens (including phenoxy) is 1. The normalized spacial score (nSPS) is 17.8. The first kappa shape index (κ1) is 23.1. The number of piperidine rings is 1. The Bertz CT molecular complexity index is 859. The monoisotopic (exact) mass is 454 g/mol. The summed E-state index contributed by atoms with van der Waals surface area (Å²) in [5.41, 5.74) is 0.275. The number of benzene rings is 1. The Morgan fingerprint density at radius 1 is 1.23 bits per heavy atom. The van der Waals surface area contributed by atoms with Crippen molar-refractivity contribution < 1.29 is 9.13 Å². The molecule has 0 amide bonds. The Morgan fingerprint density at radius 3 is 2.53 bits per heavy atom. The highest BCUT2D eigenvalue weighted by Crippen LogP contribution is 2.30. The molecular weight excluding hydrogens is 427 g/mol. The van der Waals surface area contributed by atoms with Crippen LogP contribution in [0.4, 0.5) is 10.1 Å². The van der Waals surface area contributed by atoms with Crippen molar-refractivity contribution in [1.82, 2.24) is 14.1 Å². The van der Waals surface area contributed by atoms with E-state index in [1.54, 1.807) is 19.3 Å². The Balaban J connectivity index is 0.000000367. The number of nitrogens with zero attached hydrogens (tertiary/aromatic N) is 3. The first-order valence-corrected chi connectivity index (χ1v) is 11.4. The summed E-state index contributed by atoms with van der Waals surface area (Å²) in [6, 6.07) is 6.60. The average molecular weight is 455 g/mol. The number of anilines is 1. The molecule has 4 rings (SSSR count). The van der Waals surface area contributed by atoms with Crippen LogP contribution in [0.2, 0.25) is 5.02 Å². The van der Waals surface area contributed by atoms with Crippen LogP contribution in [0.3, 0.4) is 0 Å². The maximum absolute atomic E-state index is 13.3. The lowest BCUT2D eigenvalue weighted by Gasteiger charge is -2.31. The molecule has 0 radical (unpaired) electrons. The van der Waals surface area contributed by atoms with Crippen molar-refractivity contribution in [3.8, 4) is 0 Å². The van der Waals surface area contributed by atoms with Gasteiger partial charge in [0.15, 0.2) is 0 Å². The van der Waals surface area contributed by atoms with Gasteiger partial charge in [-0.2, -0.15) is 5.10 Å². The summed E-state index contributed by atoms with van der Waals surface area (Å²) in [6.07, 6.45) is 7.10. The van der Waals surface area contributed by atoms with Gasteiger partial charge in [0.2, 0.25) is 0 Å². The van der Waals surface area contributed by atoms with E-state index in [-0.39, 0.29) is 22.4 Å². The molecule has 1 aromatic carbocycles. The molecule has 1 aromatic heterocycles. The second kappa shape index (κ2) is 11.7. The van der Waals surface area contributed by atoms with E-state index in [9.17, 15) is 9.18 Å². The predicted molar refractivity (Wildman–Crippen MR) is 120 cm³/mol. The Morgan fingerprint density at radius 2 is 1.97 bits per heavy atom. The van der Waals surface area contributed by atoms with E-state index in [2.05, 4.69) is 14.7 Å². The van der Waals surface area contributed by atoms with E-state index in [4.69, 9.17) is 16.3 Å². The molecule has 2 aliphatic heterocycles. The van der Waals surface area contributed by atoms with Crippen molar-refractivity contribution in [2.45, 2.75) is 43.0 Å². The van der Waals surface area contributed by atoms with Crippen molar-refractivity contribution in [1.29, 1.82) is 0 Å². The molecule has 0 bridgehead atoms. The molecule has 9 heteroatoms. The van der Waals surface area contributed by atoms with Crippen LogP contribution in [-0.2, 0) is 4.74 Å². The van der Waals surface area contributed by atoms with Crippen molar-refractivity contribution in [2.75, 3.05) is 38.7 Å².